The fourth-order valence-electron chi connectivity index (χ4n) is 5.97. The molecular formula is C31H24F4N6O2. The number of alkyl halides is 3. The van der Waals surface area contributed by atoms with Crippen LogP contribution in [0.3, 0.4) is 0 Å². The monoisotopic (exact) mass is 588 g/mol. The van der Waals surface area contributed by atoms with Crippen LogP contribution in [0.1, 0.15) is 40.9 Å². The van der Waals surface area contributed by atoms with Crippen molar-refractivity contribution >= 4 is 17.4 Å². The first-order valence-corrected chi connectivity index (χ1v) is 13.6. The van der Waals surface area contributed by atoms with Crippen molar-refractivity contribution in [3.8, 4) is 23.0 Å². The Hall–Kier alpha value is -5.05. The average molecular weight is 589 g/mol. The number of rotatable bonds is 4. The van der Waals surface area contributed by atoms with Crippen LogP contribution < -0.4 is 4.90 Å². The second-order valence-corrected chi connectivity index (χ2v) is 10.5. The summed E-state index contributed by atoms with van der Waals surface area (Å²) < 4.78 is 54.8. The Labute approximate surface area is 243 Å². The summed E-state index contributed by atoms with van der Waals surface area (Å²) in [5.74, 6) is -0.701. The standard InChI is InChI=1S/C31H24F4N6O2/c32-23-4-6-24(7-5-23)40-13-9-28(42)30(40)10-14-39(15-11-30)29(43)25-17-27(20-2-1-12-37-19-20)41(38-25)26-8-3-22(31(33,34)35)16-21(26)18-36/h1-8,12,16-17,19H,9-11,13-15H2. The molecular weight excluding hydrogens is 564 g/mol. The van der Waals surface area contributed by atoms with Gasteiger partial charge in [0.1, 0.15) is 17.4 Å². The van der Waals surface area contributed by atoms with Crippen LogP contribution >= 0.6 is 0 Å². The van der Waals surface area contributed by atoms with Crippen LogP contribution in [0.2, 0.25) is 0 Å². The summed E-state index contributed by atoms with van der Waals surface area (Å²) in [6, 6.07) is 15.5. The Morgan fingerprint density at radius 2 is 1.74 bits per heavy atom. The van der Waals surface area contributed by atoms with E-state index in [1.165, 1.54) is 29.1 Å². The van der Waals surface area contributed by atoms with Gasteiger partial charge in [-0.25, -0.2) is 9.07 Å². The lowest BCUT2D eigenvalue weighted by molar-refractivity contribution is -0.137. The highest BCUT2D eigenvalue weighted by Crippen LogP contribution is 2.40. The van der Waals surface area contributed by atoms with Gasteiger partial charge in [-0.1, -0.05) is 0 Å². The van der Waals surface area contributed by atoms with E-state index in [4.69, 9.17) is 0 Å². The lowest BCUT2D eigenvalue weighted by Gasteiger charge is -2.44. The molecule has 218 valence electrons. The molecule has 0 aliphatic carbocycles. The first-order chi connectivity index (χ1) is 20.6. The number of benzene rings is 2. The molecule has 0 unspecified atom stereocenters. The molecule has 43 heavy (non-hydrogen) atoms. The molecule has 8 nitrogen and oxygen atoms in total. The lowest BCUT2D eigenvalue weighted by atomic mass is 9.83. The Morgan fingerprint density at radius 3 is 2.40 bits per heavy atom. The number of carbonyl (C=O) groups excluding carboxylic acids is 2. The second kappa shape index (κ2) is 10.7. The number of nitriles is 1. The van der Waals surface area contributed by atoms with Crippen molar-refractivity contribution in [1.29, 1.82) is 5.26 Å². The number of aromatic nitrogens is 3. The maximum atomic E-state index is 13.7. The van der Waals surface area contributed by atoms with Crippen LogP contribution in [0.5, 0.6) is 0 Å². The van der Waals surface area contributed by atoms with Crippen molar-refractivity contribution in [1.82, 2.24) is 19.7 Å². The molecule has 0 N–H and O–H groups in total. The van der Waals surface area contributed by atoms with E-state index in [0.717, 1.165) is 23.9 Å². The highest BCUT2D eigenvalue weighted by molar-refractivity contribution is 5.97. The maximum absolute atomic E-state index is 13.7. The van der Waals surface area contributed by atoms with E-state index in [-0.39, 0.29) is 41.6 Å². The van der Waals surface area contributed by atoms with Gasteiger partial charge >= 0.3 is 6.18 Å². The lowest BCUT2D eigenvalue weighted by Crippen LogP contribution is -2.56. The molecule has 0 bridgehead atoms. The quantitative estimate of drug-likeness (QED) is 0.296. The van der Waals surface area contributed by atoms with Gasteiger partial charge in [0, 0.05) is 49.7 Å². The van der Waals surface area contributed by atoms with E-state index in [9.17, 15) is 32.4 Å². The molecule has 0 atom stereocenters. The molecule has 2 aliphatic rings. The Kier molecular flexibility index (Phi) is 6.96. The van der Waals surface area contributed by atoms with E-state index < -0.39 is 23.2 Å². The number of hydrogen-bond acceptors (Lipinski definition) is 6. The smallest absolute Gasteiger partial charge is 0.358 e. The number of pyridine rings is 1. The molecule has 12 heteroatoms. The number of Topliss-reactive ketones (excluding diaryl/α,β-unsaturated/α-hetero) is 1. The molecule has 4 heterocycles. The number of piperidine rings is 1. The molecule has 1 amide bonds. The van der Waals surface area contributed by atoms with Crippen LogP contribution in [0.4, 0.5) is 23.2 Å². The van der Waals surface area contributed by atoms with Crippen LogP contribution in [-0.4, -0.2) is 56.5 Å². The molecule has 6 rings (SSSR count). The summed E-state index contributed by atoms with van der Waals surface area (Å²) in [6.07, 6.45) is -0.444. The number of nitrogens with zero attached hydrogens (tertiary/aromatic N) is 6. The number of carbonyl (C=O) groups is 2. The van der Waals surface area contributed by atoms with Crippen molar-refractivity contribution in [2.45, 2.75) is 31.0 Å². The van der Waals surface area contributed by atoms with E-state index in [0.29, 0.717) is 37.1 Å². The summed E-state index contributed by atoms with van der Waals surface area (Å²) in [5, 5.41) is 14.2. The number of anilines is 1. The van der Waals surface area contributed by atoms with Crippen LogP contribution in [0, 0.1) is 17.1 Å². The van der Waals surface area contributed by atoms with Crippen molar-refractivity contribution in [2.24, 2.45) is 0 Å². The van der Waals surface area contributed by atoms with Crippen molar-refractivity contribution in [3.05, 3.63) is 95.7 Å². The summed E-state index contributed by atoms with van der Waals surface area (Å²) in [7, 11) is 0. The zero-order chi connectivity index (χ0) is 30.4. The molecule has 2 aliphatic heterocycles. The highest BCUT2D eigenvalue weighted by Gasteiger charge is 2.50. The minimum Gasteiger partial charge on any atom is -0.358 e. The molecule has 2 aromatic carbocycles. The largest absolute Gasteiger partial charge is 0.416 e. The predicted molar refractivity (Wildman–Crippen MR) is 148 cm³/mol. The zero-order valence-electron chi connectivity index (χ0n) is 22.7. The summed E-state index contributed by atoms with van der Waals surface area (Å²) >= 11 is 0. The second-order valence-electron chi connectivity index (χ2n) is 10.5. The molecule has 2 fully saturated rings. The van der Waals surface area contributed by atoms with Crippen LogP contribution in [0.25, 0.3) is 16.9 Å². The van der Waals surface area contributed by atoms with E-state index in [1.807, 2.05) is 11.0 Å². The molecule has 1 spiro atoms. The van der Waals surface area contributed by atoms with Gasteiger partial charge < -0.3 is 9.80 Å². The van der Waals surface area contributed by atoms with Crippen molar-refractivity contribution in [2.75, 3.05) is 24.5 Å². The molecule has 0 radical (unpaired) electrons. The van der Waals surface area contributed by atoms with E-state index >= 15 is 0 Å². The van der Waals surface area contributed by atoms with Crippen LogP contribution in [-0.2, 0) is 11.0 Å². The summed E-state index contributed by atoms with van der Waals surface area (Å²) in [4.78, 5) is 34.5. The fourth-order valence-corrected chi connectivity index (χ4v) is 5.97. The van der Waals surface area contributed by atoms with Gasteiger partial charge in [-0.05, 0) is 73.5 Å². The number of halogens is 4. The first-order valence-electron chi connectivity index (χ1n) is 13.6. The maximum Gasteiger partial charge on any atom is 0.416 e. The third-order valence-electron chi connectivity index (χ3n) is 8.17. The van der Waals surface area contributed by atoms with E-state index in [1.54, 1.807) is 35.4 Å². The Bertz CT molecular complexity index is 1740. The minimum atomic E-state index is -4.64. The minimum absolute atomic E-state index is 0.0340. The average Bonchev–Trinajstić information content (AvgIpc) is 3.59. The molecule has 4 aromatic rings. The van der Waals surface area contributed by atoms with Gasteiger partial charge in [-0.3, -0.25) is 14.6 Å². The topological polar surface area (TPSA) is 95.1 Å². The van der Waals surface area contributed by atoms with Crippen molar-refractivity contribution < 1.29 is 27.2 Å². The third kappa shape index (κ3) is 5.01. The molecule has 2 aromatic heterocycles. The van der Waals surface area contributed by atoms with Gasteiger partial charge in [0.2, 0.25) is 0 Å². The van der Waals surface area contributed by atoms with Gasteiger partial charge in [0.25, 0.3) is 5.91 Å². The highest BCUT2D eigenvalue weighted by atomic mass is 19.4. The SMILES string of the molecule is N#Cc1cc(C(F)(F)F)ccc1-n1nc(C(=O)N2CCC3(CC2)C(=O)CCN3c2ccc(F)cc2)cc1-c1cccnc1. The van der Waals surface area contributed by atoms with E-state index in [2.05, 4.69) is 10.1 Å². The number of amides is 1. The van der Waals surface area contributed by atoms with Gasteiger partial charge in [0.05, 0.1) is 22.5 Å². The predicted octanol–water partition coefficient (Wildman–Crippen LogP) is 5.42. The molecule has 2 saturated heterocycles. The number of likely N-dealkylation sites (tertiary alicyclic amines) is 1. The zero-order valence-corrected chi connectivity index (χ0v) is 22.7. The Balaban J connectivity index is 1.31. The van der Waals surface area contributed by atoms with Gasteiger partial charge in [-0.2, -0.15) is 23.5 Å². The van der Waals surface area contributed by atoms with Gasteiger partial charge in [-0.15, -0.1) is 0 Å². The number of hydrogen-bond donors (Lipinski definition) is 0. The third-order valence-corrected chi connectivity index (χ3v) is 8.17. The number of ketones is 1. The van der Waals surface area contributed by atoms with Gasteiger partial charge in [0.15, 0.2) is 11.5 Å². The summed E-state index contributed by atoms with van der Waals surface area (Å²) in [6.45, 7) is 1.04. The first kappa shape index (κ1) is 28.1. The normalized spacial score (nSPS) is 16.5. The Morgan fingerprint density at radius 1 is 1.00 bits per heavy atom. The summed E-state index contributed by atoms with van der Waals surface area (Å²) in [5.41, 5.74) is -0.255. The molecule has 0 saturated carbocycles. The fraction of sp³-hybridized carbons (Fsp3) is 0.258. The van der Waals surface area contributed by atoms with Crippen LogP contribution in [0.15, 0.2) is 73.1 Å². The van der Waals surface area contributed by atoms with Crippen molar-refractivity contribution in [3.63, 3.8) is 0 Å².